The van der Waals surface area contributed by atoms with Gasteiger partial charge in [-0.25, -0.2) is 0 Å². The van der Waals surface area contributed by atoms with Gasteiger partial charge in [-0.15, -0.1) is 0 Å². The molecule has 0 radical (unpaired) electrons. The summed E-state index contributed by atoms with van der Waals surface area (Å²) in [4.78, 5) is 0. The van der Waals surface area contributed by atoms with E-state index in [1.807, 2.05) is 0 Å². The highest BCUT2D eigenvalue weighted by atomic mass is 16.5. The minimum Gasteiger partial charge on any atom is -0.504 e. The van der Waals surface area contributed by atoms with Crippen molar-refractivity contribution < 1.29 is 30.3 Å². The molecule has 18 heavy (non-hydrogen) atoms. The molecule has 0 aromatic heterocycles. The molecule has 94 valence electrons. The molecule has 0 heterocycles. The lowest BCUT2D eigenvalue weighted by atomic mass is 10.2. The van der Waals surface area contributed by atoms with Crippen LogP contribution in [0.15, 0.2) is 30.3 Å². The molecule has 6 nitrogen and oxygen atoms in total. The summed E-state index contributed by atoms with van der Waals surface area (Å²) in [5, 5.41) is 46.9. The van der Waals surface area contributed by atoms with Crippen molar-refractivity contribution in [3.63, 3.8) is 0 Å². The van der Waals surface area contributed by atoms with Crippen molar-refractivity contribution in [2.45, 2.75) is 0 Å². The van der Waals surface area contributed by atoms with Crippen LogP contribution in [0.5, 0.6) is 40.2 Å². The number of hydrogen-bond donors (Lipinski definition) is 5. The van der Waals surface area contributed by atoms with E-state index in [0.717, 1.165) is 6.07 Å². The predicted molar refractivity (Wildman–Crippen MR) is 61.3 cm³/mol. The molecule has 0 aliphatic rings. The molecule has 5 N–H and O–H groups in total. The lowest BCUT2D eigenvalue weighted by molar-refractivity contribution is 0.336. The van der Waals surface area contributed by atoms with Gasteiger partial charge in [0.2, 0.25) is 17.2 Å². The fraction of sp³-hybridized carbons (Fsp3) is 0. The Morgan fingerprint density at radius 2 is 1.28 bits per heavy atom. The van der Waals surface area contributed by atoms with Gasteiger partial charge in [-0.3, -0.25) is 0 Å². The molecule has 0 saturated carbocycles. The second-order valence-corrected chi connectivity index (χ2v) is 3.51. The highest BCUT2D eigenvalue weighted by Gasteiger charge is 2.16. The van der Waals surface area contributed by atoms with Gasteiger partial charge in [0, 0.05) is 0 Å². The number of para-hydroxylation sites is 1. The zero-order valence-corrected chi connectivity index (χ0v) is 9.03. The van der Waals surface area contributed by atoms with Gasteiger partial charge in [0.15, 0.2) is 23.0 Å². The van der Waals surface area contributed by atoms with Gasteiger partial charge >= 0.3 is 0 Å². The number of aromatic hydroxyl groups is 5. The van der Waals surface area contributed by atoms with Crippen molar-refractivity contribution in [3.8, 4) is 40.2 Å². The summed E-state index contributed by atoms with van der Waals surface area (Å²) < 4.78 is 5.09. The fourth-order valence-corrected chi connectivity index (χ4v) is 1.36. The van der Waals surface area contributed by atoms with Gasteiger partial charge in [0.25, 0.3) is 0 Å². The Labute approximate surface area is 102 Å². The molecule has 0 spiro atoms. The van der Waals surface area contributed by atoms with E-state index >= 15 is 0 Å². The van der Waals surface area contributed by atoms with Crippen LogP contribution in [-0.2, 0) is 0 Å². The van der Waals surface area contributed by atoms with E-state index in [1.165, 1.54) is 24.3 Å². The lowest BCUT2D eigenvalue weighted by Crippen LogP contribution is -1.87. The monoisotopic (exact) mass is 250 g/mol. The molecule has 0 saturated heterocycles. The van der Waals surface area contributed by atoms with Crippen molar-refractivity contribution in [2.24, 2.45) is 0 Å². The third-order valence-corrected chi connectivity index (χ3v) is 2.28. The molecular formula is C12H10O6. The van der Waals surface area contributed by atoms with Crippen LogP contribution in [0.25, 0.3) is 0 Å². The zero-order valence-electron chi connectivity index (χ0n) is 9.03. The first-order valence-electron chi connectivity index (χ1n) is 4.93. The number of phenols is 5. The lowest BCUT2D eigenvalue weighted by Gasteiger charge is -2.11. The summed E-state index contributed by atoms with van der Waals surface area (Å²) in [5.74, 6) is -3.11. The maximum atomic E-state index is 9.52. The smallest absolute Gasteiger partial charge is 0.210 e. The van der Waals surface area contributed by atoms with Crippen LogP contribution in [0.3, 0.4) is 0 Å². The largest absolute Gasteiger partial charge is 0.504 e. The van der Waals surface area contributed by atoms with Crippen molar-refractivity contribution in [2.75, 3.05) is 0 Å². The van der Waals surface area contributed by atoms with Gasteiger partial charge in [0.05, 0.1) is 0 Å². The van der Waals surface area contributed by atoms with Crippen LogP contribution < -0.4 is 4.74 Å². The van der Waals surface area contributed by atoms with Crippen LogP contribution in [0.1, 0.15) is 0 Å². The van der Waals surface area contributed by atoms with Crippen molar-refractivity contribution in [1.82, 2.24) is 0 Å². The second-order valence-electron chi connectivity index (χ2n) is 3.51. The minimum absolute atomic E-state index is 0.220. The average molecular weight is 250 g/mol. The van der Waals surface area contributed by atoms with E-state index in [4.69, 9.17) is 9.84 Å². The van der Waals surface area contributed by atoms with Gasteiger partial charge < -0.3 is 30.3 Å². The van der Waals surface area contributed by atoms with Crippen LogP contribution in [-0.4, -0.2) is 25.5 Å². The van der Waals surface area contributed by atoms with Crippen LogP contribution >= 0.6 is 0 Å². The van der Waals surface area contributed by atoms with Crippen LogP contribution in [0, 0.1) is 0 Å². The molecule has 2 aromatic carbocycles. The molecule has 0 aliphatic heterocycles. The second kappa shape index (κ2) is 4.25. The SMILES string of the molecule is Oc1ccc(Oc2c(O)cccc2O)c(O)c1O. The van der Waals surface area contributed by atoms with E-state index in [1.54, 1.807) is 0 Å². The summed E-state index contributed by atoms with van der Waals surface area (Å²) in [6.45, 7) is 0. The Morgan fingerprint density at radius 1 is 0.667 bits per heavy atom. The predicted octanol–water partition coefficient (Wildman–Crippen LogP) is 2.01. The van der Waals surface area contributed by atoms with E-state index in [9.17, 15) is 20.4 Å². The first-order chi connectivity index (χ1) is 8.50. The maximum Gasteiger partial charge on any atom is 0.210 e. The fourth-order valence-electron chi connectivity index (χ4n) is 1.36. The number of phenolic OH excluding ortho intramolecular Hbond substituents is 5. The molecule has 0 unspecified atom stereocenters. The third kappa shape index (κ3) is 1.91. The zero-order chi connectivity index (χ0) is 13.3. The summed E-state index contributed by atoms with van der Waals surface area (Å²) in [5.41, 5.74) is 0. The molecular weight excluding hydrogens is 240 g/mol. The van der Waals surface area contributed by atoms with Crippen LogP contribution in [0.2, 0.25) is 0 Å². The van der Waals surface area contributed by atoms with Gasteiger partial charge in [0.1, 0.15) is 0 Å². The van der Waals surface area contributed by atoms with Crippen molar-refractivity contribution in [3.05, 3.63) is 30.3 Å². The number of ether oxygens (including phenoxy) is 1. The van der Waals surface area contributed by atoms with E-state index in [-0.39, 0.29) is 23.0 Å². The minimum atomic E-state index is -0.748. The van der Waals surface area contributed by atoms with Crippen molar-refractivity contribution in [1.29, 1.82) is 0 Å². The number of rotatable bonds is 2. The maximum absolute atomic E-state index is 9.52. The van der Waals surface area contributed by atoms with Gasteiger partial charge in [-0.1, -0.05) is 6.07 Å². The molecule has 6 heteroatoms. The molecule has 0 aliphatic carbocycles. The molecule has 0 fully saturated rings. The van der Waals surface area contributed by atoms with E-state index in [2.05, 4.69) is 0 Å². The quantitative estimate of drug-likeness (QED) is 0.521. The molecule has 0 amide bonds. The number of hydrogen-bond acceptors (Lipinski definition) is 6. The molecule has 2 rings (SSSR count). The topological polar surface area (TPSA) is 110 Å². The Kier molecular flexibility index (Phi) is 2.77. The summed E-state index contributed by atoms with van der Waals surface area (Å²) in [7, 11) is 0. The molecule has 0 bridgehead atoms. The Bertz CT molecular complexity index is 573. The highest BCUT2D eigenvalue weighted by molar-refractivity contribution is 5.59. The van der Waals surface area contributed by atoms with Gasteiger partial charge in [-0.05, 0) is 24.3 Å². The standard InChI is InChI=1S/C12H10O6/c13-6-4-5-9(11(17)10(6)16)18-12-7(14)2-1-3-8(12)15/h1-5,13-17H. The van der Waals surface area contributed by atoms with Crippen LogP contribution in [0.4, 0.5) is 0 Å². The third-order valence-electron chi connectivity index (χ3n) is 2.28. The Balaban J connectivity index is 2.44. The summed E-state index contributed by atoms with van der Waals surface area (Å²) >= 11 is 0. The highest BCUT2D eigenvalue weighted by Crippen LogP contribution is 2.46. The van der Waals surface area contributed by atoms with Crippen molar-refractivity contribution >= 4 is 0 Å². The summed E-state index contributed by atoms with van der Waals surface area (Å²) in [6.07, 6.45) is 0. The first kappa shape index (κ1) is 11.7. The summed E-state index contributed by atoms with van der Waals surface area (Å²) in [6, 6.07) is 6.25. The molecule has 2 aromatic rings. The number of benzene rings is 2. The normalized spacial score (nSPS) is 10.2. The van der Waals surface area contributed by atoms with Gasteiger partial charge in [-0.2, -0.15) is 0 Å². The Morgan fingerprint density at radius 3 is 1.89 bits per heavy atom. The average Bonchev–Trinajstić information content (AvgIpc) is 2.34. The van der Waals surface area contributed by atoms with E-state index in [0.29, 0.717) is 0 Å². The Hall–Kier alpha value is -2.76. The molecule has 0 atom stereocenters. The van der Waals surface area contributed by atoms with E-state index < -0.39 is 17.2 Å². The first-order valence-corrected chi connectivity index (χ1v) is 4.93.